The summed E-state index contributed by atoms with van der Waals surface area (Å²) in [6, 6.07) is 7.60. The van der Waals surface area contributed by atoms with Crippen LogP contribution in [0.3, 0.4) is 0 Å². The molecule has 2 rings (SSSR count). The number of hydrogen-bond acceptors (Lipinski definition) is 4. The van der Waals surface area contributed by atoms with Crippen LogP contribution in [0.15, 0.2) is 30.3 Å². The molecule has 0 radical (unpaired) electrons. The third kappa shape index (κ3) is 5.16. The number of rotatable bonds is 7. The highest BCUT2D eigenvalue weighted by atomic mass is 35.5. The molecule has 0 aliphatic heterocycles. The molecule has 1 aromatic rings. The predicted octanol–water partition coefficient (Wildman–Crippen LogP) is 3.55. The van der Waals surface area contributed by atoms with Gasteiger partial charge in [-0.25, -0.2) is 4.72 Å². The Morgan fingerprint density at radius 3 is 2.50 bits per heavy atom. The van der Waals surface area contributed by atoms with Crippen molar-refractivity contribution in [3.05, 3.63) is 35.9 Å². The fourth-order valence-electron chi connectivity index (χ4n) is 2.73. The van der Waals surface area contributed by atoms with Crippen LogP contribution in [0, 0.1) is 5.92 Å². The predicted molar refractivity (Wildman–Crippen MR) is 89.7 cm³/mol. The van der Waals surface area contributed by atoms with Crippen molar-refractivity contribution in [3.63, 3.8) is 0 Å². The molecule has 0 heterocycles. The molecule has 1 aromatic carbocycles. The number of ether oxygens (including phenoxy) is 1. The van der Waals surface area contributed by atoms with Crippen LogP contribution < -0.4 is 4.72 Å². The Balaban J connectivity index is 1.89. The first kappa shape index (κ1) is 19.1. The van der Waals surface area contributed by atoms with E-state index in [0.29, 0.717) is 12.3 Å². The molecule has 1 aliphatic carbocycles. The molecule has 1 atom stereocenters. The number of halogens is 2. The fourth-order valence-corrected chi connectivity index (χ4v) is 3.64. The van der Waals surface area contributed by atoms with Gasteiger partial charge < -0.3 is 4.74 Å². The van der Waals surface area contributed by atoms with Crippen molar-refractivity contribution in [2.24, 2.45) is 5.92 Å². The zero-order chi connectivity index (χ0) is 17.6. The molecule has 0 saturated heterocycles. The summed E-state index contributed by atoms with van der Waals surface area (Å²) in [7, 11) is -4.83. The quantitative estimate of drug-likeness (QED) is 0.737. The molecule has 1 unspecified atom stereocenters. The molecule has 0 aromatic heterocycles. The van der Waals surface area contributed by atoms with E-state index in [1.54, 1.807) is 22.9 Å². The number of hydrogen-bond donors (Lipinski definition) is 1. The molecular formula is C16H21ClFNO4S. The second-order valence-corrected chi connectivity index (χ2v) is 8.35. The fraction of sp³-hybridized carbons (Fsp3) is 0.562. The van der Waals surface area contributed by atoms with E-state index >= 15 is 0 Å². The van der Waals surface area contributed by atoms with Gasteiger partial charge in [0.25, 0.3) is 5.91 Å². The second kappa shape index (κ2) is 8.27. The van der Waals surface area contributed by atoms with Gasteiger partial charge in [0, 0.05) is 5.56 Å². The number of carbonyl (C=O) groups excluding carboxylic acids is 1. The molecule has 0 bridgehead atoms. The Bertz CT molecular complexity index is 645. The Morgan fingerprint density at radius 1 is 1.25 bits per heavy atom. The normalized spacial score (nSPS) is 18.8. The number of benzene rings is 1. The molecule has 5 nitrogen and oxygen atoms in total. The van der Waals surface area contributed by atoms with E-state index in [1.165, 1.54) is 18.6 Å². The number of alkyl halides is 2. The summed E-state index contributed by atoms with van der Waals surface area (Å²) < 4.78 is 41.0. The smallest absolute Gasteiger partial charge is 0.320 e. The zero-order valence-electron chi connectivity index (χ0n) is 13.2. The standard InChI is InChI=1S/C16H21ClFNO4S/c17-16(18,23-12-11-13-7-3-1-4-8-13)24(21,22)19-15(20)14-9-5-2-6-10-14/h2,5-6,9-10,13H,1,3-4,7-8,11-12H2,(H,19,20). The molecular weight excluding hydrogens is 357 g/mol. The first-order valence-corrected chi connectivity index (χ1v) is 9.81. The summed E-state index contributed by atoms with van der Waals surface area (Å²) >= 11 is 5.39. The molecule has 1 aliphatic rings. The topological polar surface area (TPSA) is 72.5 Å². The van der Waals surface area contributed by atoms with Crippen molar-refractivity contribution in [3.8, 4) is 0 Å². The summed E-state index contributed by atoms with van der Waals surface area (Å²) in [5.41, 5.74) is 0.0794. The first-order valence-electron chi connectivity index (χ1n) is 7.95. The second-order valence-electron chi connectivity index (χ2n) is 5.91. The number of sulfonamides is 1. The number of nitrogens with one attached hydrogen (secondary N) is 1. The Morgan fingerprint density at radius 2 is 1.88 bits per heavy atom. The van der Waals surface area contributed by atoms with Crippen molar-refractivity contribution in [2.45, 2.75) is 43.2 Å². The Labute approximate surface area is 146 Å². The highest BCUT2D eigenvalue weighted by Gasteiger charge is 2.45. The van der Waals surface area contributed by atoms with Gasteiger partial charge in [-0.3, -0.25) is 4.79 Å². The van der Waals surface area contributed by atoms with Gasteiger partial charge in [0.05, 0.1) is 6.61 Å². The summed E-state index contributed by atoms with van der Waals surface area (Å²) in [5, 5.41) is 0. The van der Waals surface area contributed by atoms with E-state index in [0.717, 1.165) is 25.7 Å². The van der Waals surface area contributed by atoms with Gasteiger partial charge in [-0.2, -0.15) is 12.8 Å². The maximum Gasteiger partial charge on any atom is 0.409 e. The third-order valence-corrected chi connectivity index (χ3v) is 6.01. The minimum atomic E-state index is -4.83. The van der Waals surface area contributed by atoms with E-state index < -0.39 is 20.6 Å². The van der Waals surface area contributed by atoms with E-state index in [1.807, 2.05) is 0 Å². The lowest BCUT2D eigenvalue weighted by atomic mass is 9.87. The molecule has 24 heavy (non-hydrogen) atoms. The SMILES string of the molecule is O=C(NS(=O)(=O)C(F)(Cl)OCCC1CCCCC1)c1ccccc1. The lowest BCUT2D eigenvalue weighted by molar-refractivity contribution is -0.0213. The van der Waals surface area contributed by atoms with Crippen LogP contribution in [0.1, 0.15) is 48.9 Å². The Kier molecular flexibility index (Phi) is 6.60. The monoisotopic (exact) mass is 377 g/mol. The third-order valence-electron chi connectivity index (χ3n) is 4.10. The molecule has 134 valence electrons. The van der Waals surface area contributed by atoms with Crippen LogP contribution in [-0.2, 0) is 14.8 Å². The van der Waals surface area contributed by atoms with E-state index in [2.05, 4.69) is 0 Å². The first-order chi connectivity index (χ1) is 11.3. The van der Waals surface area contributed by atoms with Gasteiger partial charge in [0.15, 0.2) is 0 Å². The van der Waals surface area contributed by atoms with Gasteiger partial charge in [-0.05, 0) is 36.1 Å². The Hall–Kier alpha value is -1.18. The van der Waals surface area contributed by atoms with Crippen molar-refractivity contribution in [1.82, 2.24) is 4.72 Å². The van der Waals surface area contributed by atoms with Crippen LogP contribution in [0.5, 0.6) is 0 Å². The van der Waals surface area contributed by atoms with Crippen molar-refractivity contribution in [2.75, 3.05) is 6.61 Å². The average molecular weight is 378 g/mol. The van der Waals surface area contributed by atoms with Crippen LogP contribution in [0.2, 0.25) is 0 Å². The molecule has 1 N–H and O–H groups in total. The van der Waals surface area contributed by atoms with Crippen LogP contribution in [-0.4, -0.2) is 25.6 Å². The van der Waals surface area contributed by atoms with E-state index in [-0.39, 0.29) is 12.2 Å². The molecule has 1 fully saturated rings. The lowest BCUT2D eigenvalue weighted by Gasteiger charge is -2.23. The van der Waals surface area contributed by atoms with E-state index in [9.17, 15) is 17.6 Å². The minimum Gasteiger partial charge on any atom is -0.320 e. The van der Waals surface area contributed by atoms with E-state index in [4.69, 9.17) is 16.3 Å². The van der Waals surface area contributed by atoms with Gasteiger partial charge in [0.2, 0.25) is 0 Å². The summed E-state index contributed by atoms with van der Waals surface area (Å²) in [5.74, 6) is -0.568. The van der Waals surface area contributed by atoms with Crippen LogP contribution in [0.25, 0.3) is 0 Å². The van der Waals surface area contributed by atoms with Crippen LogP contribution in [0.4, 0.5) is 4.39 Å². The summed E-state index contributed by atoms with van der Waals surface area (Å²) in [6.07, 6.45) is 6.04. The molecule has 1 saturated carbocycles. The maximum atomic E-state index is 14.2. The maximum absolute atomic E-state index is 14.2. The highest BCUT2D eigenvalue weighted by Crippen LogP contribution is 2.29. The van der Waals surface area contributed by atoms with Crippen molar-refractivity contribution < 1.29 is 22.3 Å². The minimum absolute atomic E-state index is 0.0794. The molecule has 1 amide bonds. The lowest BCUT2D eigenvalue weighted by Crippen LogP contribution is -2.44. The summed E-state index contributed by atoms with van der Waals surface area (Å²) in [6.45, 7) is -0.120. The van der Waals surface area contributed by atoms with Gasteiger partial charge in [-0.15, -0.1) is 0 Å². The van der Waals surface area contributed by atoms with Crippen LogP contribution >= 0.6 is 11.6 Å². The highest BCUT2D eigenvalue weighted by molar-refractivity contribution is 7.92. The largest absolute Gasteiger partial charge is 0.409 e. The van der Waals surface area contributed by atoms with Gasteiger partial charge >= 0.3 is 14.7 Å². The van der Waals surface area contributed by atoms with Gasteiger partial charge in [0.1, 0.15) is 0 Å². The number of amides is 1. The van der Waals surface area contributed by atoms with Crippen molar-refractivity contribution >= 4 is 27.5 Å². The summed E-state index contributed by atoms with van der Waals surface area (Å²) in [4.78, 5) is 11.9. The average Bonchev–Trinajstić information content (AvgIpc) is 2.56. The molecule has 0 spiro atoms. The van der Waals surface area contributed by atoms with Crippen molar-refractivity contribution in [1.29, 1.82) is 0 Å². The zero-order valence-corrected chi connectivity index (χ0v) is 14.8. The molecule has 8 heteroatoms. The van der Waals surface area contributed by atoms with Gasteiger partial charge in [-0.1, -0.05) is 50.3 Å². The number of carbonyl (C=O) groups is 1.